The minimum Gasteiger partial charge on any atom is -0.478 e. The molecule has 1 amide bonds. The van der Waals surface area contributed by atoms with Crippen molar-refractivity contribution >= 4 is 29.6 Å². The van der Waals surface area contributed by atoms with E-state index in [2.05, 4.69) is 0 Å². The Hall–Kier alpha value is -1.85. The van der Waals surface area contributed by atoms with Gasteiger partial charge >= 0.3 is 5.97 Å². The standard InChI is InChI=1S/C14H14ClNO4/c15-12-9-11(2-1-10(12)3-4-13(17)18)14(19)16-5-7-20-8-6-16/h1-4,9H,5-8H2,(H,17,18)/b4-3+. The third kappa shape index (κ3) is 3.59. The number of carbonyl (C=O) groups excluding carboxylic acids is 1. The highest BCUT2D eigenvalue weighted by Gasteiger charge is 2.18. The molecule has 0 saturated carbocycles. The average Bonchev–Trinajstić information content (AvgIpc) is 2.46. The van der Waals surface area contributed by atoms with Crippen LogP contribution in [0.2, 0.25) is 5.02 Å². The number of hydrogen-bond donors (Lipinski definition) is 1. The van der Waals surface area contributed by atoms with Gasteiger partial charge in [0, 0.05) is 29.8 Å². The first-order chi connectivity index (χ1) is 9.58. The molecule has 1 saturated heterocycles. The van der Waals surface area contributed by atoms with Crippen LogP contribution in [0.5, 0.6) is 0 Å². The van der Waals surface area contributed by atoms with E-state index in [-0.39, 0.29) is 5.91 Å². The summed E-state index contributed by atoms with van der Waals surface area (Å²) in [5, 5.41) is 8.92. The Labute approximate surface area is 121 Å². The summed E-state index contributed by atoms with van der Waals surface area (Å²) < 4.78 is 5.20. The summed E-state index contributed by atoms with van der Waals surface area (Å²) in [6, 6.07) is 4.83. The van der Waals surface area contributed by atoms with E-state index in [9.17, 15) is 9.59 Å². The fourth-order valence-corrected chi connectivity index (χ4v) is 2.15. The van der Waals surface area contributed by atoms with Crippen molar-refractivity contribution in [2.24, 2.45) is 0 Å². The van der Waals surface area contributed by atoms with E-state index in [0.29, 0.717) is 42.5 Å². The van der Waals surface area contributed by atoms with E-state index in [0.717, 1.165) is 6.08 Å². The zero-order chi connectivity index (χ0) is 14.5. The average molecular weight is 296 g/mol. The number of morpholine rings is 1. The maximum absolute atomic E-state index is 12.2. The van der Waals surface area contributed by atoms with Gasteiger partial charge < -0.3 is 14.7 Å². The fourth-order valence-electron chi connectivity index (χ4n) is 1.91. The van der Waals surface area contributed by atoms with Gasteiger partial charge in [-0.1, -0.05) is 17.7 Å². The molecule has 2 rings (SSSR count). The molecule has 0 radical (unpaired) electrons. The molecule has 0 spiro atoms. The van der Waals surface area contributed by atoms with Crippen LogP contribution in [0.4, 0.5) is 0 Å². The van der Waals surface area contributed by atoms with Gasteiger partial charge in [-0.3, -0.25) is 4.79 Å². The first-order valence-corrected chi connectivity index (χ1v) is 6.53. The minimum absolute atomic E-state index is 0.0936. The van der Waals surface area contributed by atoms with Crippen molar-refractivity contribution in [3.8, 4) is 0 Å². The normalized spacial score (nSPS) is 15.6. The predicted molar refractivity (Wildman–Crippen MR) is 74.8 cm³/mol. The quantitative estimate of drug-likeness (QED) is 0.865. The van der Waals surface area contributed by atoms with Gasteiger partial charge in [0.15, 0.2) is 0 Å². The van der Waals surface area contributed by atoms with Crippen LogP contribution < -0.4 is 0 Å². The molecule has 1 aromatic rings. The fraction of sp³-hybridized carbons (Fsp3) is 0.286. The highest BCUT2D eigenvalue weighted by atomic mass is 35.5. The Morgan fingerprint density at radius 3 is 2.60 bits per heavy atom. The molecule has 20 heavy (non-hydrogen) atoms. The van der Waals surface area contributed by atoms with Crippen LogP contribution in [-0.4, -0.2) is 48.2 Å². The van der Waals surface area contributed by atoms with Crippen molar-refractivity contribution in [3.63, 3.8) is 0 Å². The van der Waals surface area contributed by atoms with Crippen molar-refractivity contribution in [1.82, 2.24) is 4.90 Å². The Kier molecular flexibility index (Phi) is 4.76. The number of carboxylic acids is 1. The molecule has 0 aliphatic carbocycles. The van der Waals surface area contributed by atoms with E-state index in [4.69, 9.17) is 21.4 Å². The minimum atomic E-state index is -1.05. The molecule has 1 aliphatic heterocycles. The first kappa shape index (κ1) is 14.6. The maximum Gasteiger partial charge on any atom is 0.328 e. The summed E-state index contributed by atoms with van der Waals surface area (Å²) >= 11 is 6.06. The van der Waals surface area contributed by atoms with Gasteiger partial charge in [0.05, 0.1) is 13.2 Å². The van der Waals surface area contributed by atoms with Crippen LogP contribution in [0.1, 0.15) is 15.9 Å². The number of halogens is 1. The third-order valence-corrected chi connectivity index (χ3v) is 3.28. The summed E-state index contributed by atoms with van der Waals surface area (Å²) in [4.78, 5) is 24.4. The van der Waals surface area contributed by atoms with Crippen LogP contribution >= 0.6 is 11.6 Å². The monoisotopic (exact) mass is 295 g/mol. The van der Waals surface area contributed by atoms with Gasteiger partial charge in [-0.2, -0.15) is 0 Å². The Morgan fingerprint density at radius 2 is 2.00 bits per heavy atom. The lowest BCUT2D eigenvalue weighted by Gasteiger charge is -2.27. The lowest BCUT2D eigenvalue weighted by molar-refractivity contribution is -0.131. The molecule has 1 aromatic carbocycles. The summed E-state index contributed by atoms with van der Waals surface area (Å²) in [6.07, 6.45) is 2.40. The van der Waals surface area contributed by atoms with Crippen LogP contribution in [0, 0.1) is 0 Å². The number of rotatable bonds is 3. The smallest absolute Gasteiger partial charge is 0.328 e. The molecule has 106 valence electrons. The molecule has 1 fully saturated rings. The molecular weight excluding hydrogens is 282 g/mol. The van der Waals surface area contributed by atoms with Crippen molar-refractivity contribution in [3.05, 3.63) is 40.4 Å². The lowest BCUT2D eigenvalue weighted by Crippen LogP contribution is -2.40. The third-order valence-electron chi connectivity index (χ3n) is 2.95. The van der Waals surface area contributed by atoms with E-state index >= 15 is 0 Å². The Morgan fingerprint density at radius 1 is 1.30 bits per heavy atom. The summed E-state index contributed by atoms with van der Waals surface area (Å²) in [7, 11) is 0. The second kappa shape index (κ2) is 6.54. The maximum atomic E-state index is 12.2. The van der Waals surface area contributed by atoms with Crippen molar-refractivity contribution in [2.75, 3.05) is 26.3 Å². The molecule has 0 unspecified atom stereocenters. The lowest BCUT2D eigenvalue weighted by atomic mass is 10.1. The van der Waals surface area contributed by atoms with E-state index in [1.807, 2.05) is 0 Å². The van der Waals surface area contributed by atoms with Crippen molar-refractivity contribution < 1.29 is 19.4 Å². The predicted octanol–water partition coefficient (Wildman–Crippen LogP) is 1.91. The summed E-state index contributed by atoms with van der Waals surface area (Å²) in [6.45, 7) is 2.21. The van der Waals surface area contributed by atoms with Gasteiger partial charge in [-0.15, -0.1) is 0 Å². The van der Waals surface area contributed by atoms with Crippen molar-refractivity contribution in [2.45, 2.75) is 0 Å². The number of hydrogen-bond acceptors (Lipinski definition) is 3. The number of benzene rings is 1. The zero-order valence-electron chi connectivity index (χ0n) is 10.7. The molecule has 1 aliphatic rings. The molecule has 0 atom stereocenters. The molecule has 0 bridgehead atoms. The molecule has 1 N–H and O–H groups in total. The molecule has 1 heterocycles. The number of amides is 1. The van der Waals surface area contributed by atoms with Crippen LogP contribution in [-0.2, 0) is 9.53 Å². The zero-order valence-corrected chi connectivity index (χ0v) is 11.5. The Bertz CT molecular complexity index is 550. The highest BCUT2D eigenvalue weighted by Crippen LogP contribution is 2.20. The van der Waals surface area contributed by atoms with Gasteiger partial charge in [-0.25, -0.2) is 4.79 Å². The SMILES string of the molecule is O=C(O)/C=C/c1ccc(C(=O)N2CCOCC2)cc1Cl. The number of nitrogens with zero attached hydrogens (tertiary/aromatic N) is 1. The van der Waals surface area contributed by atoms with Gasteiger partial charge in [-0.05, 0) is 23.8 Å². The van der Waals surface area contributed by atoms with Crippen LogP contribution in [0.25, 0.3) is 6.08 Å². The van der Waals surface area contributed by atoms with E-state index in [1.165, 1.54) is 6.08 Å². The van der Waals surface area contributed by atoms with Crippen molar-refractivity contribution in [1.29, 1.82) is 0 Å². The van der Waals surface area contributed by atoms with Gasteiger partial charge in [0.2, 0.25) is 0 Å². The molecule has 6 heteroatoms. The van der Waals surface area contributed by atoms with Gasteiger partial charge in [0.25, 0.3) is 5.91 Å². The molecular formula is C14H14ClNO4. The summed E-state index contributed by atoms with van der Waals surface area (Å²) in [5.74, 6) is -1.14. The summed E-state index contributed by atoms with van der Waals surface area (Å²) in [5.41, 5.74) is 1.05. The first-order valence-electron chi connectivity index (χ1n) is 6.15. The number of carbonyl (C=O) groups is 2. The number of ether oxygens (including phenoxy) is 1. The second-order valence-electron chi connectivity index (χ2n) is 4.31. The Balaban J connectivity index is 2.15. The molecule has 5 nitrogen and oxygen atoms in total. The highest BCUT2D eigenvalue weighted by molar-refractivity contribution is 6.32. The number of aliphatic carboxylic acids is 1. The number of carboxylic acid groups (broad SMARTS) is 1. The second-order valence-corrected chi connectivity index (χ2v) is 4.72. The van der Waals surface area contributed by atoms with E-state index < -0.39 is 5.97 Å². The van der Waals surface area contributed by atoms with E-state index in [1.54, 1.807) is 23.1 Å². The van der Waals surface area contributed by atoms with Crippen LogP contribution in [0.3, 0.4) is 0 Å². The van der Waals surface area contributed by atoms with Gasteiger partial charge in [0.1, 0.15) is 0 Å². The topological polar surface area (TPSA) is 66.8 Å². The van der Waals surface area contributed by atoms with Crippen LogP contribution in [0.15, 0.2) is 24.3 Å². The molecule has 0 aromatic heterocycles. The largest absolute Gasteiger partial charge is 0.478 e.